The minimum atomic E-state index is -0.670. The number of esters is 1. The van der Waals surface area contributed by atoms with Crippen LogP contribution in [-0.4, -0.2) is 46.8 Å². The molecule has 1 aliphatic heterocycles. The predicted octanol–water partition coefficient (Wildman–Crippen LogP) is -0.166. The number of nitrogens with zero attached hydrogens (tertiary/aromatic N) is 3. The predicted molar refractivity (Wildman–Crippen MR) is 56.2 cm³/mol. The second-order valence-corrected chi connectivity index (χ2v) is 4.08. The van der Waals surface area contributed by atoms with E-state index in [1.165, 1.54) is 13.3 Å². The van der Waals surface area contributed by atoms with Crippen molar-refractivity contribution in [2.24, 2.45) is 0 Å². The first kappa shape index (κ1) is 10.8. The Morgan fingerprint density at radius 1 is 1.62 bits per heavy atom. The average molecular weight is 223 g/mol. The van der Waals surface area contributed by atoms with Crippen LogP contribution >= 0.6 is 0 Å². The third kappa shape index (κ3) is 1.96. The molecular formula is C10H13N3O3. The molecule has 1 fully saturated rings. The number of ether oxygens (including phenoxy) is 1. The van der Waals surface area contributed by atoms with Crippen LogP contribution in [0, 0.1) is 0 Å². The van der Waals surface area contributed by atoms with E-state index in [2.05, 4.69) is 14.7 Å². The van der Waals surface area contributed by atoms with Crippen molar-refractivity contribution in [3.05, 3.63) is 18.1 Å². The van der Waals surface area contributed by atoms with Gasteiger partial charge in [0.05, 0.1) is 12.7 Å². The Hall–Kier alpha value is -1.69. The summed E-state index contributed by atoms with van der Waals surface area (Å²) in [4.78, 5) is 20.9. The molecule has 0 amide bonds. The summed E-state index contributed by atoms with van der Waals surface area (Å²) >= 11 is 0. The number of hydrogen-bond donors (Lipinski definition) is 1. The standard InChI is InChI=1S/C10H13N3O3/c1-10(15)5-13(6-10)7-3-4-11-8(12-7)9(14)16-2/h3-4,15H,5-6H2,1-2H3. The van der Waals surface area contributed by atoms with Crippen molar-refractivity contribution >= 4 is 11.8 Å². The molecule has 1 N–H and O–H groups in total. The van der Waals surface area contributed by atoms with Crippen molar-refractivity contribution in [1.82, 2.24) is 9.97 Å². The zero-order chi connectivity index (χ0) is 11.8. The first-order valence-electron chi connectivity index (χ1n) is 4.90. The molecule has 1 aromatic heterocycles. The fraction of sp³-hybridized carbons (Fsp3) is 0.500. The molecule has 0 spiro atoms. The van der Waals surface area contributed by atoms with E-state index in [0.717, 1.165) is 0 Å². The van der Waals surface area contributed by atoms with Gasteiger partial charge < -0.3 is 14.7 Å². The van der Waals surface area contributed by atoms with Crippen LogP contribution in [0.4, 0.5) is 5.82 Å². The van der Waals surface area contributed by atoms with Crippen LogP contribution in [0.15, 0.2) is 12.3 Å². The van der Waals surface area contributed by atoms with E-state index in [9.17, 15) is 9.90 Å². The highest BCUT2D eigenvalue weighted by Gasteiger charge is 2.37. The Bertz CT molecular complexity index is 412. The Kier molecular flexibility index (Phi) is 2.51. The zero-order valence-electron chi connectivity index (χ0n) is 9.17. The smallest absolute Gasteiger partial charge is 0.376 e. The van der Waals surface area contributed by atoms with Gasteiger partial charge in [-0.2, -0.15) is 0 Å². The SMILES string of the molecule is COC(=O)c1nccc(N2CC(C)(O)C2)n1. The van der Waals surface area contributed by atoms with Gasteiger partial charge in [-0.15, -0.1) is 0 Å². The minimum Gasteiger partial charge on any atom is -0.463 e. The Labute approximate surface area is 92.9 Å². The van der Waals surface area contributed by atoms with E-state index in [1.807, 2.05) is 4.90 Å². The highest BCUT2D eigenvalue weighted by atomic mass is 16.5. The van der Waals surface area contributed by atoms with Gasteiger partial charge in [0.1, 0.15) is 5.82 Å². The van der Waals surface area contributed by atoms with E-state index < -0.39 is 11.6 Å². The summed E-state index contributed by atoms with van der Waals surface area (Å²) < 4.78 is 4.53. The van der Waals surface area contributed by atoms with E-state index in [4.69, 9.17) is 0 Å². The van der Waals surface area contributed by atoms with Crippen molar-refractivity contribution in [2.45, 2.75) is 12.5 Å². The summed E-state index contributed by atoms with van der Waals surface area (Å²) in [6, 6.07) is 1.70. The number of aliphatic hydroxyl groups is 1. The van der Waals surface area contributed by atoms with Crippen LogP contribution < -0.4 is 4.90 Å². The number of hydrogen-bond acceptors (Lipinski definition) is 6. The molecule has 1 aliphatic rings. The number of carbonyl (C=O) groups excluding carboxylic acids is 1. The van der Waals surface area contributed by atoms with Crippen molar-refractivity contribution in [3.63, 3.8) is 0 Å². The summed E-state index contributed by atoms with van der Waals surface area (Å²) in [5, 5.41) is 9.59. The van der Waals surface area contributed by atoms with Crippen LogP contribution in [0.3, 0.4) is 0 Å². The van der Waals surface area contributed by atoms with Crippen LogP contribution in [0.5, 0.6) is 0 Å². The Morgan fingerprint density at radius 3 is 2.88 bits per heavy atom. The number of aromatic nitrogens is 2. The first-order valence-corrected chi connectivity index (χ1v) is 4.90. The van der Waals surface area contributed by atoms with Gasteiger partial charge in [-0.1, -0.05) is 0 Å². The molecule has 2 heterocycles. The maximum absolute atomic E-state index is 11.2. The Balaban J connectivity index is 2.15. The molecule has 0 aliphatic carbocycles. The molecule has 0 saturated carbocycles. The molecule has 0 aromatic carbocycles. The monoisotopic (exact) mass is 223 g/mol. The molecule has 0 atom stereocenters. The van der Waals surface area contributed by atoms with Gasteiger partial charge in [0.25, 0.3) is 0 Å². The largest absolute Gasteiger partial charge is 0.463 e. The van der Waals surface area contributed by atoms with Gasteiger partial charge in [0.15, 0.2) is 0 Å². The fourth-order valence-electron chi connectivity index (χ4n) is 1.65. The lowest BCUT2D eigenvalue weighted by molar-refractivity contribution is 0.0305. The second-order valence-electron chi connectivity index (χ2n) is 4.08. The van der Waals surface area contributed by atoms with Crippen molar-refractivity contribution < 1.29 is 14.6 Å². The summed E-state index contributed by atoms with van der Waals surface area (Å²) in [6.45, 7) is 2.77. The molecule has 1 aromatic rings. The molecule has 0 bridgehead atoms. The van der Waals surface area contributed by atoms with Gasteiger partial charge in [0, 0.05) is 19.3 Å². The molecule has 16 heavy (non-hydrogen) atoms. The average Bonchev–Trinajstić information content (AvgIpc) is 2.25. The van der Waals surface area contributed by atoms with Gasteiger partial charge in [-0.3, -0.25) is 0 Å². The summed E-state index contributed by atoms with van der Waals surface area (Å²) in [7, 11) is 1.28. The van der Waals surface area contributed by atoms with Crippen LogP contribution in [-0.2, 0) is 4.74 Å². The number of β-amino-alcohol motifs (C(OH)–C–C–N with tert-alkyl or cyclic N) is 1. The van der Waals surface area contributed by atoms with Gasteiger partial charge in [-0.25, -0.2) is 14.8 Å². The number of methoxy groups -OCH3 is 1. The highest BCUT2D eigenvalue weighted by Crippen LogP contribution is 2.25. The van der Waals surface area contributed by atoms with E-state index in [0.29, 0.717) is 18.9 Å². The number of rotatable bonds is 2. The van der Waals surface area contributed by atoms with Gasteiger partial charge in [-0.05, 0) is 13.0 Å². The van der Waals surface area contributed by atoms with Crippen molar-refractivity contribution in [3.8, 4) is 0 Å². The van der Waals surface area contributed by atoms with E-state index in [-0.39, 0.29) is 5.82 Å². The molecule has 2 rings (SSSR count). The van der Waals surface area contributed by atoms with E-state index in [1.54, 1.807) is 13.0 Å². The number of carbonyl (C=O) groups is 1. The second kappa shape index (κ2) is 3.71. The lowest BCUT2D eigenvalue weighted by Crippen LogP contribution is -2.60. The molecular weight excluding hydrogens is 210 g/mol. The van der Waals surface area contributed by atoms with Gasteiger partial charge >= 0.3 is 5.97 Å². The number of anilines is 1. The quantitative estimate of drug-likeness (QED) is 0.702. The zero-order valence-corrected chi connectivity index (χ0v) is 9.17. The summed E-state index contributed by atoms with van der Waals surface area (Å²) in [6.07, 6.45) is 1.50. The molecule has 6 heteroatoms. The fourth-order valence-corrected chi connectivity index (χ4v) is 1.65. The van der Waals surface area contributed by atoms with Crippen LogP contribution in [0.2, 0.25) is 0 Å². The third-order valence-electron chi connectivity index (χ3n) is 2.40. The third-order valence-corrected chi connectivity index (χ3v) is 2.40. The van der Waals surface area contributed by atoms with Crippen LogP contribution in [0.1, 0.15) is 17.5 Å². The van der Waals surface area contributed by atoms with Crippen molar-refractivity contribution in [1.29, 1.82) is 0 Å². The van der Waals surface area contributed by atoms with Gasteiger partial charge in [0.2, 0.25) is 5.82 Å². The van der Waals surface area contributed by atoms with E-state index >= 15 is 0 Å². The Morgan fingerprint density at radius 2 is 2.31 bits per heavy atom. The molecule has 0 radical (unpaired) electrons. The minimum absolute atomic E-state index is 0.0338. The normalized spacial score (nSPS) is 17.8. The van der Waals surface area contributed by atoms with Crippen molar-refractivity contribution in [2.75, 3.05) is 25.1 Å². The topological polar surface area (TPSA) is 75.5 Å². The highest BCUT2D eigenvalue weighted by molar-refractivity contribution is 5.85. The lowest BCUT2D eigenvalue weighted by atomic mass is 9.97. The molecule has 86 valence electrons. The maximum atomic E-state index is 11.2. The molecule has 0 unspecified atom stereocenters. The molecule has 6 nitrogen and oxygen atoms in total. The maximum Gasteiger partial charge on any atom is 0.376 e. The van der Waals surface area contributed by atoms with Crippen LogP contribution in [0.25, 0.3) is 0 Å². The molecule has 1 saturated heterocycles. The first-order chi connectivity index (χ1) is 7.52. The summed E-state index contributed by atoms with van der Waals surface area (Å²) in [5.74, 6) is 0.0996. The lowest BCUT2D eigenvalue weighted by Gasteiger charge is -2.44. The summed E-state index contributed by atoms with van der Waals surface area (Å²) in [5.41, 5.74) is -0.670.